The molecular weight excluding hydrogens is 568 g/mol. The lowest BCUT2D eigenvalue weighted by Gasteiger charge is -2.27. The van der Waals surface area contributed by atoms with E-state index in [1.807, 2.05) is 0 Å². The Morgan fingerprint density at radius 2 is 1.33 bits per heavy atom. The van der Waals surface area contributed by atoms with Gasteiger partial charge in [0.05, 0.1) is 0 Å². The summed E-state index contributed by atoms with van der Waals surface area (Å²) in [5, 5.41) is 4.67. The minimum Gasteiger partial charge on any atom is -0.459 e. The van der Waals surface area contributed by atoms with Gasteiger partial charge in [-0.25, -0.2) is 29.0 Å². The molecule has 234 valence electrons. The number of rotatable bonds is 8. The molecular formula is C28H36N4O11. The lowest BCUT2D eigenvalue weighted by atomic mass is 10.1. The van der Waals surface area contributed by atoms with E-state index in [1.54, 1.807) is 51.1 Å². The van der Waals surface area contributed by atoms with Crippen LogP contribution in [-0.2, 0) is 44.7 Å². The van der Waals surface area contributed by atoms with Gasteiger partial charge in [-0.2, -0.15) is 0 Å². The van der Waals surface area contributed by atoms with E-state index in [2.05, 4.69) is 10.6 Å². The number of ether oxygens (including phenoxy) is 4. The van der Waals surface area contributed by atoms with Crippen LogP contribution in [0.3, 0.4) is 0 Å². The smallest absolute Gasteiger partial charge is 0.417 e. The molecule has 1 aromatic rings. The zero-order valence-electron chi connectivity index (χ0n) is 24.9. The topological polar surface area (TPSA) is 187 Å². The van der Waals surface area contributed by atoms with Gasteiger partial charge in [0.1, 0.15) is 36.5 Å². The van der Waals surface area contributed by atoms with E-state index in [0.29, 0.717) is 15.4 Å². The van der Waals surface area contributed by atoms with Crippen molar-refractivity contribution < 1.29 is 52.5 Å². The summed E-state index contributed by atoms with van der Waals surface area (Å²) in [5.41, 5.74) is -0.166. The highest BCUT2D eigenvalue weighted by molar-refractivity contribution is 6.05. The molecule has 0 spiro atoms. The Morgan fingerprint density at radius 3 is 1.86 bits per heavy atom. The molecule has 6 amide bonds. The SMILES string of the molecule is C[C@H](NC(=O)OC(C)(C)C)C(=O)N1C(=O)O[C@H](C)[C@@H]1C(=O)N[C@@H](C)C(=O)N1C(=O)O[C@H](C)[C@@H]1C(=O)OCc1ccccc1. The molecule has 0 aromatic heterocycles. The van der Waals surface area contributed by atoms with E-state index in [4.69, 9.17) is 18.9 Å². The summed E-state index contributed by atoms with van der Waals surface area (Å²) in [6.45, 7) is 10.1. The number of alkyl carbamates (subject to hydrolysis) is 1. The second-order valence-corrected chi connectivity index (χ2v) is 11.2. The molecule has 2 aliphatic heterocycles. The van der Waals surface area contributed by atoms with Crippen molar-refractivity contribution >= 4 is 42.0 Å². The van der Waals surface area contributed by atoms with Gasteiger partial charge in [-0.05, 0) is 54.0 Å². The molecule has 2 saturated heterocycles. The minimum atomic E-state index is -1.52. The summed E-state index contributed by atoms with van der Waals surface area (Å²) in [4.78, 5) is 90.9. The van der Waals surface area contributed by atoms with Crippen LogP contribution in [0.25, 0.3) is 0 Å². The molecule has 6 atom stereocenters. The molecule has 15 heteroatoms. The normalized spacial score (nSPS) is 23.0. The summed E-state index contributed by atoms with van der Waals surface area (Å²) in [5.74, 6) is -3.79. The molecule has 2 N–H and O–H groups in total. The standard InChI is InChI=1S/C28H36N4O11/c1-14(22(34)32-20(17(4)42-27(32)39)24(36)40-13-18-11-9-8-10-12-18)29-21(33)19-16(3)41-26(38)31(19)23(35)15(2)30-25(37)43-28(5,6)7/h8-12,14-17,19-20H,13H2,1-7H3,(H,29,33)(H,30,37)/t14-,15-,16+,17+,19+,20+/m0/s1. The lowest BCUT2D eigenvalue weighted by Crippen LogP contribution is -2.59. The second kappa shape index (κ2) is 13.1. The van der Waals surface area contributed by atoms with Crippen molar-refractivity contribution in [1.29, 1.82) is 0 Å². The van der Waals surface area contributed by atoms with Gasteiger partial charge in [0.2, 0.25) is 5.91 Å². The average molecular weight is 605 g/mol. The Hall–Kier alpha value is -4.69. The molecule has 1 aromatic carbocycles. The van der Waals surface area contributed by atoms with E-state index in [1.165, 1.54) is 27.7 Å². The van der Waals surface area contributed by atoms with Gasteiger partial charge >= 0.3 is 24.2 Å². The van der Waals surface area contributed by atoms with Crippen LogP contribution in [0.15, 0.2) is 30.3 Å². The summed E-state index contributed by atoms with van der Waals surface area (Å²) >= 11 is 0. The predicted molar refractivity (Wildman–Crippen MR) is 146 cm³/mol. The van der Waals surface area contributed by atoms with Gasteiger partial charge in [0.15, 0.2) is 12.1 Å². The molecule has 0 aliphatic carbocycles. The fourth-order valence-corrected chi connectivity index (χ4v) is 4.43. The second-order valence-electron chi connectivity index (χ2n) is 11.2. The number of nitrogens with one attached hydrogen (secondary N) is 2. The number of carbonyl (C=O) groups is 7. The zero-order chi connectivity index (χ0) is 32.2. The average Bonchev–Trinajstić information content (AvgIpc) is 3.38. The summed E-state index contributed by atoms with van der Waals surface area (Å²) < 4.78 is 20.6. The molecule has 0 radical (unpaired) electrons. The molecule has 2 fully saturated rings. The van der Waals surface area contributed by atoms with Gasteiger partial charge < -0.3 is 29.6 Å². The third-order valence-corrected chi connectivity index (χ3v) is 6.45. The van der Waals surface area contributed by atoms with Crippen LogP contribution < -0.4 is 10.6 Å². The molecule has 0 unspecified atom stereocenters. The minimum absolute atomic E-state index is 0.107. The largest absolute Gasteiger partial charge is 0.459 e. The summed E-state index contributed by atoms with van der Waals surface area (Å²) in [6.07, 6.45) is -5.31. The maximum atomic E-state index is 13.3. The summed E-state index contributed by atoms with van der Waals surface area (Å²) in [7, 11) is 0. The fourth-order valence-electron chi connectivity index (χ4n) is 4.43. The Balaban J connectivity index is 1.69. The summed E-state index contributed by atoms with van der Waals surface area (Å²) in [6, 6.07) is 3.12. The maximum Gasteiger partial charge on any atom is 0.417 e. The van der Waals surface area contributed by atoms with Crippen molar-refractivity contribution in [2.45, 2.75) is 97.0 Å². The predicted octanol–water partition coefficient (Wildman–Crippen LogP) is 1.62. The number of carbonyl (C=O) groups excluding carboxylic acids is 7. The van der Waals surface area contributed by atoms with Crippen molar-refractivity contribution in [1.82, 2.24) is 20.4 Å². The maximum absolute atomic E-state index is 13.3. The number of imide groups is 2. The van der Waals surface area contributed by atoms with Crippen LogP contribution in [-0.4, -0.2) is 93.7 Å². The first-order chi connectivity index (χ1) is 20.0. The van der Waals surface area contributed by atoms with Crippen LogP contribution in [0.5, 0.6) is 0 Å². The highest BCUT2D eigenvalue weighted by atomic mass is 16.6. The van der Waals surface area contributed by atoms with Crippen molar-refractivity contribution in [3.8, 4) is 0 Å². The van der Waals surface area contributed by atoms with Gasteiger partial charge in [-0.3, -0.25) is 14.4 Å². The van der Waals surface area contributed by atoms with Crippen LogP contribution in [0.4, 0.5) is 14.4 Å². The lowest BCUT2D eigenvalue weighted by molar-refractivity contribution is -0.154. The van der Waals surface area contributed by atoms with Crippen molar-refractivity contribution in [3.63, 3.8) is 0 Å². The van der Waals surface area contributed by atoms with E-state index in [0.717, 1.165) is 0 Å². The van der Waals surface area contributed by atoms with Crippen LogP contribution in [0.2, 0.25) is 0 Å². The quantitative estimate of drug-likeness (QED) is 0.324. The highest BCUT2D eigenvalue weighted by Crippen LogP contribution is 2.24. The molecule has 2 aliphatic rings. The first-order valence-corrected chi connectivity index (χ1v) is 13.6. The van der Waals surface area contributed by atoms with Crippen molar-refractivity contribution in [3.05, 3.63) is 35.9 Å². The zero-order valence-corrected chi connectivity index (χ0v) is 24.9. The number of cyclic esters (lactones) is 2. The van der Waals surface area contributed by atoms with Crippen LogP contribution >= 0.6 is 0 Å². The van der Waals surface area contributed by atoms with E-state index in [-0.39, 0.29) is 6.61 Å². The van der Waals surface area contributed by atoms with Gasteiger partial charge in [-0.1, -0.05) is 30.3 Å². The Morgan fingerprint density at radius 1 is 0.837 bits per heavy atom. The first kappa shape index (κ1) is 32.8. The van der Waals surface area contributed by atoms with Gasteiger partial charge in [0.25, 0.3) is 11.8 Å². The van der Waals surface area contributed by atoms with Gasteiger partial charge in [0, 0.05) is 0 Å². The molecule has 3 rings (SSSR count). The third-order valence-electron chi connectivity index (χ3n) is 6.45. The Bertz CT molecular complexity index is 1280. The molecule has 15 nitrogen and oxygen atoms in total. The van der Waals surface area contributed by atoms with Gasteiger partial charge in [-0.15, -0.1) is 0 Å². The monoisotopic (exact) mass is 604 g/mol. The van der Waals surface area contributed by atoms with E-state index >= 15 is 0 Å². The number of esters is 1. The fraction of sp³-hybridized carbons (Fsp3) is 0.536. The number of nitrogens with zero attached hydrogens (tertiary/aromatic N) is 2. The van der Waals surface area contributed by atoms with Crippen molar-refractivity contribution in [2.75, 3.05) is 0 Å². The number of benzene rings is 1. The number of hydrogen-bond donors (Lipinski definition) is 2. The van der Waals surface area contributed by atoms with Crippen LogP contribution in [0, 0.1) is 0 Å². The molecule has 43 heavy (non-hydrogen) atoms. The first-order valence-electron chi connectivity index (χ1n) is 13.6. The van der Waals surface area contributed by atoms with Crippen LogP contribution in [0.1, 0.15) is 54.0 Å². The highest BCUT2D eigenvalue weighted by Gasteiger charge is 2.52. The Kier molecular flexibility index (Phi) is 9.99. The number of amides is 6. The van der Waals surface area contributed by atoms with Crippen molar-refractivity contribution in [2.24, 2.45) is 0 Å². The van der Waals surface area contributed by atoms with E-state index < -0.39 is 83.9 Å². The van der Waals surface area contributed by atoms with E-state index in [9.17, 15) is 33.6 Å². The Labute approximate surface area is 248 Å². The third kappa shape index (κ3) is 7.78. The number of hydrogen-bond acceptors (Lipinski definition) is 11. The molecule has 0 bridgehead atoms. The molecule has 0 saturated carbocycles. The molecule has 2 heterocycles.